The van der Waals surface area contributed by atoms with Crippen LogP contribution >= 0.6 is 12.4 Å². The fourth-order valence-electron chi connectivity index (χ4n) is 2.74. The molecule has 2 atom stereocenters. The van der Waals surface area contributed by atoms with Crippen LogP contribution in [0.25, 0.3) is 0 Å². The fourth-order valence-corrected chi connectivity index (χ4v) is 2.74. The number of nitrogens with two attached hydrogens (primary N) is 1. The Morgan fingerprint density at radius 1 is 1.25 bits per heavy atom. The molecular weight excluding hydrogens is 330 g/mol. The van der Waals surface area contributed by atoms with E-state index < -0.39 is 0 Å². The number of carbonyl (C=O) groups excluding carboxylic acids is 2. The minimum Gasteiger partial charge on any atom is -0.484 e. The molecule has 2 amide bonds. The summed E-state index contributed by atoms with van der Waals surface area (Å²) < 4.78 is 5.37. The van der Waals surface area contributed by atoms with E-state index in [0.717, 1.165) is 31.4 Å². The van der Waals surface area contributed by atoms with Crippen molar-refractivity contribution in [1.29, 1.82) is 0 Å². The van der Waals surface area contributed by atoms with E-state index in [-0.39, 0.29) is 42.8 Å². The largest absolute Gasteiger partial charge is 0.484 e. The highest BCUT2D eigenvalue weighted by Crippen LogP contribution is 2.25. The van der Waals surface area contributed by atoms with Crippen LogP contribution in [-0.4, -0.2) is 31.0 Å². The molecule has 1 aromatic carbocycles. The Labute approximate surface area is 148 Å². The van der Waals surface area contributed by atoms with Crippen LogP contribution < -0.4 is 21.1 Å². The Kier molecular flexibility index (Phi) is 8.57. The first kappa shape index (κ1) is 20.3. The van der Waals surface area contributed by atoms with Crippen molar-refractivity contribution in [2.75, 3.05) is 18.5 Å². The van der Waals surface area contributed by atoms with Crippen molar-refractivity contribution in [3.8, 4) is 5.75 Å². The topological polar surface area (TPSA) is 93.5 Å². The maximum atomic E-state index is 12.2. The molecule has 0 saturated heterocycles. The van der Waals surface area contributed by atoms with Crippen LogP contribution in [-0.2, 0) is 9.59 Å². The molecule has 0 radical (unpaired) electrons. The zero-order chi connectivity index (χ0) is 16.7. The molecule has 0 bridgehead atoms. The molecule has 6 nitrogen and oxygen atoms in total. The molecule has 24 heavy (non-hydrogen) atoms. The van der Waals surface area contributed by atoms with Crippen LogP contribution in [0, 0.1) is 5.92 Å². The number of carbonyl (C=O) groups is 2. The summed E-state index contributed by atoms with van der Waals surface area (Å²) in [6, 6.07) is 7.15. The van der Waals surface area contributed by atoms with Gasteiger partial charge in [-0.3, -0.25) is 9.59 Å². The van der Waals surface area contributed by atoms with E-state index in [4.69, 9.17) is 10.5 Å². The molecule has 1 aliphatic carbocycles. The Bertz CT molecular complexity index is 536. The van der Waals surface area contributed by atoms with Gasteiger partial charge in [0.1, 0.15) is 5.75 Å². The third kappa shape index (κ3) is 6.37. The highest BCUT2D eigenvalue weighted by Gasteiger charge is 2.25. The summed E-state index contributed by atoms with van der Waals surface area (Å²) in [4.78, 5) is 23.6. The van der Waals surface area contributed by atoms with E-state index in [1.54, 1.807) is 24.3 Å². The van der Waals surface area contributed by atoms with Gasteiger partial charge in [0.15, 0.2) is 6.61 Å². The van der Waals surface area contributed by atoms with Gasteiger partial charge in [-0.05, 0) is 50.5 Å². The monoisotopic (exact) mass is 355 g/mol. The number of hydrogen-bond acceptors (Lipinski definition) is 4. The van der Waals surface area contributed by atoms with Gasteiger partial charge < -0.3 is 21.1 Å². The molecule has 7 heteroatoms. The molecular formula is C17H26ClN3O3. The number of hydrogen-bond donors (Lipinski definition) is 3. The van der Waals surface area contributed by atoms with Crippen LogP contribution in [0.3, 0.4) is 0 Å². The van der Waals surface area contributed by atoms with Crippen molar-refractivity contribution in [2.24, 2.45) is 11.7 Å². The number of amides is 2. The van der Waals surface area contributed by atoms with Gasteiger partial charge >= 0.3 is 0 Å². The number of ether oxygens (including phenoxy) is 1. The summed E-state index contributed by atoms with van der Waals surface area (Å²) in [6.07, 6.45) is 3.65. The molecule has 1 aliphatic rings. The summed E-state index contributed by atoms with van der Waals surface area (Å²) in [5.41, 5.74) is 6.65. The highest BCUT2D eigenvalue weighted by atomic mass is 35.5. The summed E-state index contributed by atoms with van der Waals surface area (Å²) in [7, 11) is 0. The van der Waals surface area contributed by atoms with E-state index in [1.165, 1.54) is 0 Å². The molecule has 1 saturated carbocycles. The lowest BCUT2D eigenvalue weighted by Gasteiger charge is -2.25. The number of rotatable bonds is 6. The Balaban J connectivity index is 0.00000288. The van der Waals surface area contributed by atoms with E-state index in [1.807, 2.05) is 6.92 Å². The van der Waals surface area contributed by atoms with Crippen LogP contribution in [0.1, 0.15) is 32.6 Å². The zero-order valence-electron chi connectivity index (χ0n) is 13.9. The third-order valence-corrected chi connectivity index (χ3v) is 3.95. The smallest absolute Gasteiger partial charge is 0.257 e. The van der Waals surface area contributed by atoms with Gasteiger partial charge in [0.05, 0.1) is 0 Å². The lowest BCUT2D eigenvalue weighted by molar-refractivity contribution is -0.123. The second kappa shape index (κ2) is 10.2. The van der Waals surface area contributed by atoms with Gasteiger partial charge in [-0.25, -0.2) is 0 Å². The van der Waals surface area contributed by atoms with Gasteiger partial charge in [-0.15, -0.1) is 12.4 Å². The molecule has 0 heterocycles. The minimum absolute atomic E-state index is 0. The summed E-state index contributed by atoms with van der Waals surface area (Å²) in [5, 5.41) is 5.58. The average molecular weight is 356 g/mol. The van der Waals surface area contributed by atoms with E-state index in [9.17, 15) is 9.59 Å². The van der Waals surface area contributed by atoms with Gasteiger partial charge in [0.2, 0.25) is 5.91 Å². The first-order valence-electron chi connectivity index (χ1n) is 8.14. The maximum absolute atomic E-state index is 12.2. The van der Waals surface area contributed by atoms with Crippen LogP contribution in [0.2, 0.25) is 0 Å². The third-order valence-electron chi connectivity index (χ3n) is 3.95. The molecule has 1 aromatic rings. The second-order valence-corrected chi connectivity index (χ2v) is 5.88. The molecule has 1 fully saturated rings. The van der Waals surface area contributed by atoms with Crippen molar-refractivity contribution in [3.05, 3.63) is 24.3 Å². The number of benzene rings is 1. The standard InChI is InChI=1S/C17H25N3O3.ClH/c1-2-19-16(21)11-23-15-8-6-14(7-9-15)20-17(22)12-4-3-5-13(18)10-12;/h6-9,12-13H,2-5,10-11,18H2,1H3,(H,19,21)(H,20,22);1H. The number of anilines is 1. The Morgan fingerprint density at radius 3 is 2.58 bits per heavy atom. The predicted octanol–water partition coefficient (Wildman–Crippen LogP) is 2.08. The van der Waals surface area contributed by atoms with Gasteiger partial charge in [-0.2, -0.15) is 0 Å². The SMILES string of the molecule is CCNC(=O)COc1ccc(NC(=O)C2CCCC(N)C2)cc1.Cl. The summed E-state index contributed by atoms with van der Waals surface area (Å²) >= 11 is 0. The van der Waals surface area contributed by atoms with E-state index in [0.29, 0.717) is 12.3 Å². The molecule has 0 aliphatic heterocycles. The van der Waals surface area contributed by atoms with Crippen molar-refractivity contribution in [2.45, 2.75) is 38.6 Å². The van der Waals surface area contributed by atoms with Crippen molar-refractivity contribution in [1.82, 2.24) is 5.32 Å². The molecule has 2 rings (SSSR count). The second-order valence-electron chi connectivity index (χ2n) is 5.88. The maximum Gasteiger partial charge on any atom is 0.257 e. The normalized spacial score (nSPS) is 19.8. The zero-order valence-corrected chi connectivity index (χ0v) is 14.7. The van der Waals surface area contributed by atoms with Crippen LogP contribution in [0.4, 0.5) is 5.69 Å². The lowest BCUT2D eigenvalue weighted by atomic mass is 9.85. The predicted molar refractivity (Wildman–Crippen MR) is 96.4 cm³/mol. The molecule has 0 aromatic heterocycles. The lowest BCUT2D eigenvalue weighted by Crippen LogP contribution is -2.34. The van der Waals surface area contributed by atoms with Gasteiger partial charge in [0, 0.05) is 24.2 Å². The van der Waals surface area contributed by atoms with Gasteiger partial charge in [-0.1, -0.05) is 6.42 Å². The molecule has 134 valence electrons. The first-order valence-corrected chi connectivity index (χ1v) is 8.14. The van der Waals surface area contributed by atoms with Crippen molar-refractivity contribution in [3.63, 3.8) is 0 Å². The Hall–Kier alpha value is -1.79. The molecule has 0 spiro atoms. The molecule has 2 unspecified atom stereocenters. The average Bonchev–Trinajstić information content (AvgIpc) is 2.54. The van der Waals surface area contributed by atoms with Crippen LogP contribution in [0.15, 0.2) is 24.3 Å². The summed E-state index contributed by atoms with van der Waals surface area (Å²) in [5.74, 6) is 0.455. The highest BCUT2D eigenvalue weighted by molar-refractivity contribution is 5.92. The number of likely N-dealkylation sites (N-methyl/N-ethyl adjacent to an activating group) is 1. The van der Waals surface area contributed by atoms with E-state index in [2.05, 4.69) is 10.6 Å². The number of halogens is 1. The summed E-state index contributed by atoms with van der Waals surface area (Å²) in [6.45, 7) is 2.42. The quantitative estimate of drug-likeness (QED) is 0.728. The minimum atomic E-state index is -0.154. The number of nitrogens with one attached hydrogen (secondary N) is 2. The Morgan fingerprint density at radius 2 is 1.96 bits per heavy atom. The van der Waals surface area contributed by atoms with Crippen LogP contribution in [0.5, 0.6) is 5.75 Å². The van der Waals surface area contributed by atoms with Crippen molar-refractivity contribution >= 4 is 29.9 Å². The van der Waals surface area contributed by atoms with E-state index >= 15 is 0 Å². The fraction of sp³-hybridized carbons (Fsp3) is 0.529. The van der Waals surface area contributed by atoms with Crippen molar-refractivity contribution < 1.29 is 14.3 Å². The molecule has 4 N–H and O–H groups in total. The van der Waals surface area contributed by atoms with Gasteiger partial charge in [0.25, 0.3) is 5.91 Å². The first-order chi connectivity index (χ1) is 11.1.